The number of nitrogens with zero attached hydrogens (tertiary/aromatic N) is 3. The zero-order chi connectivity index (χ0) is 13.2. The fourth-order valence-electron chi connectivity index (χ4n) is 2.76. The molecule has 2 heterocycles. The van der Waals surface area contributed by atoms with Crippen molar-refractivity contribution in [2.24, 2.45) is 11.7 Å². The van der Waals surface area contributed by atoms with Crippen LogP contribution in [-0.2, 0) is 0 Å². The zero-order valence-electron chi connectivity index (χ0n) is 11.3. The number of hydrogen-bond acceptors (Lipinski definition) is 4. The number of fused-ring (bicyclic) bond motifs is 1. The second-order valence-corrected chi connectivity index (χ2v) is 5.29. The zero-order valence-corrected chi connectivity index (χ0v) is 11.3. The highest BCUT2D eigenvalue weighted by Gasteiger charge is 2.21. The molecule has 0 atom stereocenters. The van der Waals surface area contributed by atoms with E-state index in [-0.39, 0.29) is 0 Å². The number of aryl methyl sites for hydroxylation is 1. The lowest BCUT2D eigenvalue weighted by Gasteiger charge is -2.32. The summed E-state index contributed by atoms with van der Waals surface area (Å²) < 4.78 is 0. The Bertz CT molecular complexity index is 573. The van der Waals surface area contributed by atoms with Crippen molar-refractivity contribution < 1.29 is 0 Å². The van der Waals surface area contributed by atoms with Crippen molar-refractivity contribution in [3.8, 4) is 0 Å². The molecule has 1 aliphatic heterocycles. The molecule has 1 aromatic heterocycles. The van der Waals surface area contributed by atoms with Gasteiger partial charge in [0.1, 0.15) is 0 Å². The van der Waals surface area contributed by atoms with Crippen LogP contribution in [0.1, 0.15) is 18.5 Å². The fraction of sp³-hybridized carbons (Fsp3) is 0.467. The molecule has 4 heteroatoms. The Morgan fingerprint density at radius 1 is 1.16 bits per heavy atom. The van der Waals surface area contributed by atoms with Crippen LogP contribution in [0.4, 0.5) is 5.82 Å². The SMILES string of the molecule is Cc1nc2ccccc2nc1N1CCC(CN)CC1. The van der Waals surface area contributed by atoms with Gasteiger partial charge in [0.25, 0.3) is 0 Å². The van der Waals surface area contributed by atoms with Crippen LogP contribution in [0.3, 0.4) is 0 Å². The first-order chi connectivity index (χ1) is 9.28. The molecule has 1 aromatic carbocycles. The van der Waals surface area contributed by atoms with Crippen LogP contribution in [0.25, 0.3) is 11.0 Å². The molecule has 0 unspecified atom stereocenters. The maximum Gasteiger partial charge on any atom is 0.150 e. The minimum absolute atomic E-state index is 0.671. The smallest absolute Gasteiger partial charge is 0.150 e. The quantitative estimate of drug-likeness (QED) is 0.894. The van der Waals surface area contributed by atoms with Gasteiger partial charge < -0.3 is 10.6 Å². The molecule has 0 bridgehead atoms. The summed E-state index contributed by atoms with van der Waals surface area (Å²) in [5.74, 6) is 1.71. The van der Waals surface area contributed by atoms with E-state index in [2.05, 4.69) is 9.88 Å². The van der Waals surface area contributed by atoms with E-state index in [0.717, 1.165) is 55.0 Å². The number of hydrogen-bond donors (Lipinski definition) is 1. The Morgan fingerprint density at radius 2 is 1.79 bits per heavy atom. The standard InChI is InChI=1S/C15H20N4/c1-11-15(19-8-6-12(10-16)7-9-19)18-14-5-3-2-4-13(14)17-11/h2-5,12H,6-10,16H2,1H3. The van der Waals surface area contributed by atoms with E-state index >= 15 is 0 Å². The Hall–Kier alpha value is -1.68. The van der Waals surface area contributed by atoms with Gasteiger partial charge in [-0.25, -0.2) is 9.97 Å². The monoisotopic (exact) mass is 256 g/mol. The lowest BCUT2D eigenvalue weighted by molar-refractivity contribution is 0.412. The van der Waals surface area contributed by atoms with Crippen molar-refractivity contribution in [3.63, 3.8) is 0 Å². The topological polar surface area (TPSA) is 55.0 Å². The first kappa shape index (κ1) is 12.4. The summed E-state index contributed by atoms with van der Waals surface area (Å²) >= 11 is 0. The van der Waals surface area contributed by atoms with Crippen LogP contribution in [0.2, 0.25) is 0 Å². The van der Waals surface area contributed by atoms with Crippen LogP contribution in [0.5, 0.6) is 0 Å². The summed E-state index contributed by atoms with van der Waals surface area (Å²) in [5.41, 5.74) is 8.71. The minimum atomic E-state index is 0.671. The van der Waals surface area contributed by atoms with Crippen molar-refractivity contribution in [2.75, 3.05) is 24.5 Å². The summed E-state index contributed by atoms with van der Waals surface area (Å²) in [6, 6.07) is 8.05. The largest absolute Gasteiger partial charge is 0.355 e. The van der Waals surface area contributed by atoms with Crippen LogP contribution in [0.15, 0.2) is 24.3 Å². The third kappa shape index (κ3) is 2.40. The molecule has 1 aliphatic rings. The van der Waals surface area contributed by atoms with Crippen molar-refractivity contribution >= 4 is 16.9 Å². The third-order valence-corrected chi connectivity index (χ3v) is 3.97. The molecule has 2 aromatic rings. The van der Waals surface area contributed by atoms with Crippen LogP contribution < -0.4 is 10.6 Å². The van der Waals surface area contributed by atoms with Crippen molar-refractivity contribution in [1.29, 1.82) is 0 Å². The van der Waals surface area contributed by atoms with E-state index in [4.69, 9.17) is 10.7 Å². The number of aromatic nitrogens is 2. The average Bonchev–Trinajstić information content (AvgIpc) is 2.47. The molecule has 0 radical (unpaired) electrons. The van der Waals surface area contributed by atoms with E-state index in [9.17, 15) is 0 Å². The Morgan fingerprint density at radius 3 is 2.42 bits per heavy atom. The van der Waals surface area contributed by atoms with Gasteiger partial charge in [0.2, 0.25) is 0 Å². The number of anilines is 1. The molecule has 19 heavy (non-hydrogen) atoms. The number of para-hydroxylation sites is 2. The van der Waals surface area contributed by atoms with Crippen molar-refractivity contribution in [3.05, 3.63) is 30.0 Å². The van der Waals surface area contributed by atoms with Gasteiger partial charge in [-0.05, 0) is 44.4 Å². The highest BCUT2D eigenvalue weighted by molar-refractivity contribution is 5.76. The molecule has 1 saturated heterocycles. The predicted molar refractivity (Wildman–Crippen MR) is 78.3 cm³/mol. The second-order valence-electron chi connectivity index (χ2n) is 5.29. The van der Waals surface area contributed by atoms with Crippen molar-refractivity contribution in [2.45, 2.75) is 19.8 Å². The summed E-state index contributed by atoms with van der Waals surface area (Å²) in [4.78, 5) is 11.8. The minimum Gasteiger partial charge on any atom is -0.355 e. The summed E-state index contributed by atoms with van der Waals surface area (Å²) in [7, 11) is 0. The number of nitrogens with two attached hydrogens (primary N) is 1. The van der Waals surface area contributed by atoms with E-state index in [1.807, 2.05) is 31.2 Å². The molecule has 2 N–H and O–H groups in total. The molecule has 100 valence electrons. The van der Waals surface area contributed by atoms with E-state index in [0.29, 0.717) is 5.92 Å². The van der Waals surface area contributed by atoms with Gasteiger partial charge in [-0.15, -0.1) is 0 Å². The van der Waals surface area contributed by atoms with Gasteiger partial charge >= 0.3 is 0 Å². The van der Waals surface area contributed by atoms with E-state index < -0.39 is 0 Å². The summed E-state index contributed by atoms with van der Waals surface area (Å²) in [6.45, 7) is 4.92. The molecule has 0 saturated carbocycles. The Labute approximate surface area is 113 Å². The summed E-state index contributed by atoms with van der Waals surface area (Å²) in [5, 5.41) is 0. The first-order valence-electron chi connectivity index (χ1n) is 6.96. The third-order valence-electron chi connectivity index (χ3n) is 3.97. The van der Waals surface area contributed by atoms with E-state index in [1.165, 1.54) is 0 Å². The number of benzene rings is 1. The van der Waals surface area contributed by atoms with Crippen LogP contribution in [0, 0.1) is 12.8 Å². The lowest BCUT2D eigenvalue weighted by Crippen LogP contribution is -2.37. The maximum absolute atomic E-state index is 5.75. The maximum atomic E-state index is 5.75. The molecule has 4 nitrogen and oxygen atoms in total. The average molecular weight is 256 g/mol. The first-order valence-corrected chi connectivity index (χ1v) is 6.96. The van der Waals surface area contributed by atoms with E-state index in [1.54, 1.807) is 0 Å². The Balaban J connectivity index is 1.90. The van der Waals surface area contributed by atoms with Crippen molar-refractivity contribution in [1.82, 2.24) is 9.97 Å². The lowest BCUT2D eigenvalue weighted by atomic mass is 9.97. The molecule has 3 rings (SSSR count). The number of piperidine rings is 1. The van der Waals surface area contributed by atoms with Gasteiger partial charge in [0.15, 0.2) is 5.82 Å². The van der Waals surface area contributed by atoms with Gasteiger partial charge in [0.05, 0.1) is 16.7 Å². The molecule has 0 spiro atoms. The van der Waals surface area contributed by atoms with Gasteiger partial charge in [-0.3, -0.25) is 0 Å². The highest BCUT2D eigenvalue weighted by Crippen LogP contribution is 2.24. The van der Waals surface area contributed by atoms with Crippen LogP contribution >= 0.6 is 0 Å². The molecular formula is C15H20N4. The van der Waals surface area contributed by atoms with Crippen LogP contribution in [-0.4, -0.2) is 29.6 Å². The molecule has 0 aliphatic carbocycles. The number of rotatable bonds is 2. The summed E-state index contributed by atoms with van der Waals surface area (Å²) in [6.07, 6.45) is 2.31. The predicted octanol–water partition coefficient (Wildman–Crippen LogP) is 2.11. The second kappa shape index (κ2) is 5.13. The Kier molecular flexibility index (Phi) is 3.34. The highest BCUT2D eigenvalue weighted by atomic mass is 15.2. The molecule has 0 amide bonds. The molecular weight excluding hydrogens is 236 g/mol. The molecule has 1 fully saturated rings. The van der Waals surface area contributed by atoms with Gasteiger partial charge in [0, 0.05) is 13.1 Å². The van der Waals surface area contributed by atoms with Gasteiger partial charge in [-0.2, -0.15) is 0 Å². The van der Waals surface area contributed by atoms with Gasteiger partial charge in [-0.1, -0.05) is 12.1 Å². The fourth-order valence-corrected chi connectivity index (χ4v) is 2.76. The normalized spacial score (nSPS) is 17.1.